The average molecular weight is 247 g/mol. The molecule has 0 saturated carbocycles. The van der Waals surface area contributed by atoms with Crippen LogP contribution in [-0.2, 0) is 6.54 Å². The van der Waals surface area contributed by atoms with Gasteiger partial charge in [-0.05, 0) is 18.7 Å². The fourth-order valence-corrected chi connectivity index (χ4v) is 1.88. The van der Waals surface area contributed by atoms with Crippen molar-refractivity contribution in [2.24, 2.45) is 0 Å². The van der Waals surface area contributed by atoms with Gasteiger partial charge >= 0.3 is 0 Å². The van der Waals surface area contributed by atoms with Gasteiger partial charge in [-0.2, -0.15) is 5.10 Å². The van der Waals surface area contributed by atoms with Crippen LogP contribution in [0.3, 0.4) is 0 Å². The Kier molecular flexibility index (Phi) is 4.07. The Labute approximate surface area is 105 Å². The Balaban J connectivity index is 2.29. The monoisotopic (exact) mass is 247 g/mol. The minimum absolute atomic E-state index is 0.0944. The number of likely N-dealkylation sites (N-methyl/N-ethyl adjacent to an activating group) is 1. The second-order valence-corrected chi connectivity index (χ2v) is 4.17. The lowest BCUT2D eigenvalue weighted by molar-refractivity contribution is 0.149. The summed E-state index contributed by atoms with van der Waals surface area (Å²) in [5.74, 6) is 0. The number of aliphatic hydroxyl groups excluding tert-OH is 1. The van der Waals surface area contributed by atoms with E-state index in [-0.39, 0.29) is 5.43 Å². The van der Waals surface area contributed by atoms with Crippen molar-refractivity contribution in [3.05, 3.63) is 40.7 Å². The molecule has 0 saturated heterocycles. The van der Waals surface area contributed by atoms with Crippen LogP contribution >= 0.6 is 0 Å². The fourth-order valence-electron chi connectivity index (χ4n) is 1.88. The first kappa shape index (κ1) is 12.7. The molecule has 1 aromatic heterocycles. The third-order valence-corrected chi connectivity index (χ3v) is 2.78. The van der Waals surface area contributed by atoms with Crippen LogP contribution in [0.15, 0.2) is 35.3 Å². The largest absolute Gasteiger partial charge is 0.390 e. The first-order valence-electron chi connectivity index (χ1n) is 6.06. The Morgan fingerprint density at radius 3 is 3.00 bits per heavy atom. The molecule has 2 N–H and O–H groups in total. The van der Waals surface area contributed by atoms with E-state index in [1.807, 2.05) is 25.1 Å². The van der Waals surface area contributed by atoms with Crippen LogP contribution in [-0.4, -0.2) is 34.1 Å². The smallest absolute Gasteiger partial charge is 0.207 e. The van der Waals surface area contributed by atoms with Crippen LogP contribution in [0.5, 0.6) is 0 Å². The van der Waals surface area contributed by atoms with E-state index in [1.54, 1.807) is 10.7 Å². The van der Waals surface area contributed by atoms with Gasteiger partial charge in [0, 0.05) is 11.9 Å². The van der Waals surface area contributed by atoms with Crippen molar-refractivity contribution in [2.75, 3.05) is 13.1 Å². The van der Waals surface area contributed by atoms with Gasteiger partial charge in [-0.3, -0.25) is 9.48 Å². The number of para-hydroxylation sites is 1. The number of nitrogens with one attached hydrogen (secondary N) is 1. The lowest BCUT2D eigenvalue weighted by Gasteiger charge is -2.14. The topological polar surface area (TPSA) is 67.2 Å². The molecule has 0 bridgehead atoms. The summed E-state index contributed by atoms with van der Waals surface area (Å²) >= 11 is 0. The predicted octanol–water partition coefficient (Wildman–Crippen LogP) is 0.367. The summed E-state index contributed by atoms with van der Waals surface area (Å²) in [7, 11) is 0. The molecule has 0 spiro atoms. The van der Waals surface area contributed by atoms with E-state index in [0.29, 0.717) is 18.5 Å². The minimum atomic E-state index is -0.525. The number of nitrogens with zero attached hydrogens (tertiary/aromatic N) is 2. The lowest BCUT2D eigenvalue weighted by atomic mass is 10.2. The predicted molar refractivity (Wildman–Crippen MR) is 70.6 cm³/mol. The number of hydrogen-bond acceptors (Lipinski definition) is 4. The number of hydrogen-bond donors (Lipinski definition) is 2. The molecule has 1 unspecified atom stereocenters. The molecule has 2 rings (SSSR count). The highest BCUT2D eigenvalue weighted by molar-refractivity contribution is 5.77. The van der Waals surface area contributed by atoms with E-state index in [9.17, 15) is 9.90 Å². The molecule has 0 aliphatic heterocycles. The van der Waals surface area contributed by atoms with E-state index >= 15 is 0 Å². The summed E-state index contributed by atoms with van der Waals surface area (Å²) in [6.45, 7) is 3.68. The summed E-state index contributed by atoms with van der Waals surface area (Å²) < 4.78 is 1.67. The van der Waals surface area contributed by atoms with Crippen LogP contribution in [0.2, 0.25) is 0 Å². The standard InChI is InChI=1S/C13H17N3O2/c1-2-14-7-10(17)9-16-12-6-4-3-5-11(12)13(18)8-15-16/h3-6,8,10,14,17H,2,7,9H2,1H3. The molecule has 1 heterocycles. The quantitative estimate of drug-likeness (QED) is 0.801. The van der Waals surface area contributed by atoms with Crippen LogP contribution < -0.4 is 10.7 Å². The molecule has 0 fully saturated rings. The number of benzene rings is 1. The van der Waals surface area contributed by atoms with E-state index in [1.165, 1.54) is 6.20 Å². The molecular weight excluding hydrogens is 230 g/mol. The molecule has 96 valence electrons. The van der Waals surface area contributed by atoms with Crippen LogP contribution in [0.1, 0.15) is 6.92 Å². The first-order chi connectivity index (χ1) is 8.72. The molecule has 0 aliphatic rings. The molecule has 0 amide bonds. The van der Waals surface area contributed by atoms with Crippen molar-refractivity contribution < 1.29 is 5.11 Å². The van der Waals surface area contributed by atoms with Crippen molar-refractivity contribution in [2.45, 2.75) is 19.6 Å². The summed E-state index contributed by atoms with van der Waals surface area (Å²) in [5.41, 5.74) is 0.656. The second kappa shape index (κ2) is 5.75. The van der Waals surface area contributed by atoms with Crippen molar-refractivity contribution in [3.8, 4) is 0 Å². The van der Waals surface area contributed by atoms with Gasteiger partial charge in [-0.25, -0.2) is 0 Å². The van der Waals surface area contributed by atoms with Gasteiger partial charge in [0.05, 0.1) is 24.4 Å². The maximum absolute atomic E-state index is 11.6. The van der Waals surface area contributed by atoms with E-state index in [2.05, 4.69) is 10.4 Å². The maximum atomic E-state index is 11.6. The average Bonchev–Trinajstić information content (AvgIpc) is 2.40. The second-order valence-electron chi connectivity index (χ2n) is 4.17. The molecule has 0 aliphatic carbocycles. The Bertz CT molecular complexity index is 580. The maximum Gasteiger partial charge on any atom is 0.207 e. The SMILES string of the molecule is CCNCC(O)Cn1ncc(=O)c2ccccc21. The molecule has 5 heteroatoms. The van der Waals surface area contributed by atoms with Gasteiger partial charge in [0.15, 0.2) is 0 Å². The number of aromatic nitrogens is 2. The summed E-state index contributed by atoms with van der Waals surface area (Å²) in [6, 6.07) is 7.29. The Morgan fingerprint density at radius 1 is 1.44 bits per heavy atom. The highest BCUT2D eigenvalue weighted by atomic mass is 16.3. The third-order valence-electron chi connectivity index (χ3n) is 2.78. The molecule has 5 nitrogen and oxygen atoms in total. The van der Waals surface area contributed by atoms with Crippen molar-refractivity contribution in [3.63, 3.8) is 0 Å². The van der Waals surface area contributed by atoms with Gasteiger partial charge in [-0.15, -0.1) is 0 Å². The van der Waals surface area contributed by atoms with Gasteiger partial charge < -0.3 is 10.4 Å². The molecule has 0 radical (unpaired) electrons. The molecule has 1 atom stereocenters. The van der Waals surface area contributed by atoms with E-state index in [0.717, 1.165) is 12.1 Å². The van der Waals surface area contributed by atoms with Crippen LogP contribution in [0, 0.1) is 0 Å². The zero-order valence-corrected chi connectivity index (χ0v) is 10.3. The van der Waals surface area contributed by atoms with Gasteiger partial charge in [-0.1, -0.05) is 19.1 Å². The Morgan fingerprint density at radius 2 is 2.22 bits per heavy atom. The van der Waals surface area contributed by atoms with Crippen LogP contribution in [0.4, 0.5) is 0 Å². The van der Waals surface area contributed by atoms with Crippen molar-refractivity contribution in [1.29, 1.82) is 0 Å². The van der Waals surface area contributed by atoms with Crippen molar-refractivity contribution in [1.82, 2.24) is 15.1 Å². The van der Waals surface area contributed by atoms with Gasteiger partial charge in [0.1, 0.15) is 0 Å². The summed E-state index contributed by atoms with van der Waals surface area (Å²) in [4.78, 5) is 11.6. The molecule has 18 heavy (non-hydrogen) atoms. The molecule has 1 aromatic carbocycles. The zero-order valence-electron chi connectivity index (χ0n) is 10.3. The summed E-state index contributed by atoms with van der Waals surface area (Å²) in [6.07, 6.45) is 0.769. The van der Waals surface area contributed by atoms with Crippen LogP contribution in [0.25, 0.3) is 10.9 Å². The highest BCUT2D eigenvalue weighted by Gasteiger charge is 2.08. The zero-order chi connectivity index (χ0) is 13.0. The number of fused-ring (bicyclic) bond motifs is 1. The molecule has 2 aromatic rings. The number of aliphatic hydroxyl groups is 1. The molecular formula is C13H17N3O2. The first-order valence-corrected chi connectivity index (χ1v) is 6.06. The minimum Gasteiger partial charge on any atom is -0.390 e. The van der Waals surface area contributed by atoms with Gasteiger partial charge in [0.2, 0.25) is 5.43 Å². The lowest BCUT2D eigenvalue weighted by Crippen LogP contribution is -2.31. The van der Waals surface area contributed by atoms with E-state index in [4.69, 9.17) is 0 Å². The Hall–Kier alpha value is -1.72. The third kappa shape index (κ3) is 2.75. The fraction of sp³-hybridized carbons (Fsp3) is 0.385. The summed E-state index contributed by atoms with van der Waals surface area (Å²) in [5, 5.41) is 17.6. The van der Waals surface area contributed by atoms with E-state index < -0.39 is 6.10 Å². The number of rotatable bonds is 5. The van der Waals surface area contributed by atoms with Gasteiger partial charge in [0.25, 0.3) is 0 Å². The van der Waals surface area contributed by atoms with Crippen molar-refractivity contribution >= 4 is 10.9 Å². The highest BCUT2D eigenvalue weighted by Crippen LogP contribution is 2.08. The normalized spacial score (nSPS) is 12.8.